The molecule has 19 heavy (non-hydrogen) atoms. The average molecular weight is 408 g/mol. The van der Waals surface area contributed by atoms with Crippen LogP contribution in [-0.4, -0.2) is 21.5 Å². The van der Waals surface area contributed by atoms with Gasteiger partial charge in [-0.05, 0) is 47.2 Å². The quantitative estimate of drug-likeness (QED) is 0.743. The van der Waals surface area contributed by atoms with Crippen molar-refractivity contribution >= 4 is 44.1 Å². The maximum Gasteiger partial charge on any atom is 0.214 e. The number of halogens is 2. The topological polar surface area (TPSA) is 54.9 Å². The van der Waals surface area contributed by atoms with Gasteiger partial charge in [0.2, 0.25) is 4.77 Å². The van der Waals surface area contributed by atoms with Gasteiger partial charge in [0.25, 0.3) is 0 Å². The van der Waals surface area contributed by atoms with E-state index in [-0.39, 0.29) is 0 Å². The summed E-state index contributed by atoms with van der Waals surface area (Å²) in [7, 11) is 0. The van der Waals surface area contributed by atoms with E-state index in [1.54, 1.807) is 11.0 Å². The van der Waals surface area contributed by atoms with Gasteiger partial charge in [-0.25, -0.2) is 4.68 Å². The molecule has 0 aliphatic carbocycles. The van der Waals surface area contributed by atoms with Crippen molar-refractivity contribution in [3.8, 4) is 5.75 Å². The fraction of sp³-hybridized carbons (Fsp3) is 0.273. The number of nitrogens with one attached hydrogen (secondary N) is 2. The van der Waals surface area contributed by atoms with Crippen molar-refractivity contribution in [2.45, 2.75) is 13.5 Å². The van der Waals surface area contributed by atoms with Crippen LogP contribution >= 0.6 is 44.1 Å². The molecular weight excluding hydrogens is 396 g/mol. The van der Waals surface area contributed by atoms with E-state index in [2.05, 4.69) is 47.5 Å². The third-order valence-electron chi connectivity index (χ3n) is 2.37. The summed E-state index contributed by atoms with van der Waals surface area (Å²) in [5, 5.41) is 6.53. The molecule has 2 N–H and O–H groups in total. The molecule has 8 heteroatoms. The lowest BCUT2D eigenvalue weighted by atomic mass is 10.2. The number of aromatic amines is 1. The van der Waals surface area contributed by atoms with E-state index in [0.717, 1.165) is 20.3 Å². The van der Waals surface area contributed by atoms with Gasteiger partial charge in [0, 0.05) is 10.0 Å². The summed E-state index contributed by atoms with van der Waals surface area (Å²) in [5.74, 6) is 0.827. The zero-order valence-electron chi connectivity index (χ0n) is 10.1. The van der Waals surface area contributed by atoms with Crippen LogP contribution in [0.3, 0.4) is 0 Å². The van der Waals surface area contributed by atoms with E-state index in [9.17, 15) is 0 Å². The van der Waals surface area contributed by atoms with Crippen molar-refractivity contribution in [2.24, 2.45) is 0 Å². The Hall–Kier alpha value is -0.860. The van der Waals surface area contributed by atoms with Crippen LogP contribution in [0.25, 0.3) is 0 Å². The molecule has 0 saturated heterocycles. The zero-order chi connectivity index (χ0) is 13.8. The molecule has 5 nitrogen and oxygen atoms in total. The SMILES string of the molecule is CCOc1c(Br)cc(Br)cc1CNn1cn[nH]c1=S. The minimum Gasteiger partial charge on any atom is -0.492 e. The Kier molecular flexibility index (Phi) is 5.00. The Morgan fingerprint density at radius 2 is 2.26 bits per heavy atom. The standard InChI is InChI=1S/C11H12Br2N4OS/c1-2-18-10-7(3-8(12)4-9(10)13)5-15-17-6-14-16-11(17)19/h3-4,6,15H,2,5H2,1H3,(H,16,19). The zero-order valence-corrected chi connectivity index (χ0v) is 14.1. The van der Waals surface area contributed by atoms with E-state index in [4.69, 9.17) is 17.0 Å². The van der Waals surface area contributed by atoms with Crippen LogP contribution in [0.2, 0.25) is 0 Å². The fourth-order valence-corrected chi connectivity index (χ4v) is 3.17. The van der Waals surface area contributed by atoms with Crippen LogP contribution in [0, 0.1) is 4.77 Å². The first-order chi connectivity index (χ1) is 9.11. The van der Waals surface area contributed by atoms with Crippen LogP contribution in [-0.2, 0) is 6.54 Å². The lowest BCUT2D eigenvalue weighted by Gasteiger charge is -2.14. The van der Waals surface area contributed by atoms with Gasteiger partial charge in [-0.2, -0.15) is 5.10 Å². The molecule has 0 aliphatic heterocycles. The molecule has 102 valence electrons. The highest BCUT2D eigenvalue weighted by Gasteiger charge is 2.10. The van der Waals surface area contributed by atoms with Crippen LogP contribution in [0.15, 0.2) is 27.4 Å². The predicted octanol–water partition coefficient (Wildman–Crippen LogP) is 3.61. The van der Waals surface area contributed by atoms with Gasteiger partial charge >= 0.3 is 0 Å². The highest BCUT2D eigenvalue weighted by Crippen LogP contribution is 2.33. The van der Waals surface area contributed by atoms with E-state index in [0.29, 0.717) is 17.9 Å². The maximum atomic E-state index is 5.66. The normalized spacial score (nSPS) is 10.5. The van der Waals surface area contributed by atoms with Gasteiger partial charge in [-0.1, -0.05) is 15.9 Å². The Balaban J connectivity index is 2.23. The van der Waals surface area contributed by atoms with Crippen molar-refractivity contribution in [3.63, 3.8) is 0 Å². The number of hydrogen-bond acceptors (Lipinski definition) is 4. The van der Waals surface area contributed by atoms with Gasteiger partial charge in [0.1, 0.15) is 12.1 Å². The summed E-state index contributed by atoms with van der Waals surface area (Å²) in [6, 6.07) is 3.96. The molecule has 0 bridgehead atoms. The highest BCUT2D eigenvalue weighted by atomic mass is 79.9. The molecule has 0 radical (unpaired) electrons. The second kappa shape index (κ2) is 6.53. The van der Waals surface area contributed by atoms with E-state index < -0.39 is 0 Å². The first-order valence-corrected chi connectivity index (χ1v) is 7.58. The number of ether oxygens (including phenoxy) is 1. The van der Waals surface area contributed by atoms with Crippen LogP contribution < -0.4 is 10.2 Å². The fourth-order valence-electron chi connectivity index (χ4n) is 1.58. The van der Waals surface area contributed by atoms with Crippen molar-refractivity contribution < 1.29 is 4.74 Å². The summed E-state index contributed by atoms with van der Waals surface area (Å²) in [5.41, 5.74) is 4.18. The number of aromatic nitrogens is 3. The molecule has 2 rings (SSSR count). The molecule has 1 aromatic carbocycles. The second-order valence-electron chi connectivity index (χ2n) is 3.68. The largest absolute Gasteiger partial charge is 0.492 e. The molecule has 0 unspecified atom stereocenters. The molecular formula is C11H12Br2N4OS. The smallest absolute Gasteiger partial charge is 0.214 e. The van der Waals surface area contributed by atoms with Crippen molar-refractivity contribution in [1.29, 1.82) is 0 Å². The minimum atomic E-state index is 0.520. The summed E-state index contributed by atoms with van der Waals surface area (Å²) in [4.78, 5) is 0. The van der Waals surface area contributed by atoms with Crippen LogP contribution in [0.5, 0.6) is 5.75 Å². The molecule has 2 aromatic rings. The summed E-state index contributed by atoms with van der Waals surface area (Å²) < 4.78 is 9.72. The second-order valence-corrected chi connectivity index (χ2v) is 5.83. The van der Waals surface area contributed by atoms with Gasteiger partial charge < -0.3 is 10.2 Å². The summed E-state index contributed by atoms with van der Waals surface area (Å²) in [6.07, 6.45) is 1.59. The van der Waals surface area contributed by atoms with Gasteiger partial charge in [0.15, 0.2) is 0 Å². The predicted molar refractivity (Wildman–Crippen MR) is 83.5 cm³/mol. The Morgan fingerprint density at radius 3 is 2.89 bits per heavy atom. The first kappa shape index (κ1) is 14.5. The van der Waals surface area contributed by atoms with Crippen LogP contribution in [0.4, 0.5) is 0 Å². The number of rotatable bonds is 5. The molecule has 0 spiro atoms. The molecule has 0 atom stereocenters. The van der Waals surface area contributed by atoms with Crippen molar-refractivity contribution in [1.82, 2.24) is 14.9 Å². The number of hydrogen-bond donors (Lipinski definition) is 2. The van der Waals surface area contributed by atoms with Crippen molar-refractivity contribution in [2.75, 3.05) is 12.0 Å². The van der Waals surface area contributed by atoms with Crippen molar-refractivity contribution in [3.05, 3.63) is 37.7 Å². The monoisotopic (exact) mass is 406 g/mol. The average Bonchev–Trinajstić information content (AvgIpc) is 2.76. The molecule has 1 aromatic heterocycles. The lowest BCUT2D eigenvalue weighted by Crippen LogP contribution is -2.14. The minimum absolute atomic E-state index is 0.520. The van der Waals surface area contributed by atoms with E-state index in [1.165, 1.54) is 0 Å². The van der Waals surface area contributed by atoms with E-state index in [1.807, 2.05) is 19.1 Å². The summed E-state index contributed by atoms with van der Waals surface area (Å²) >= 11 is 12.0. The number of nitrogens with zero attached hydrogens (tertiary/aromatic N) is 2. The molecule has 0 fully saturated rings. The van der Waals surface area contributed by atoms with Crippen LogP contribution in [0.1, 0.15) is 12.5 Å². The first-order valence-electron chi connectivity index (χ1n) is 5.58. The summed E-state index contributed by atoms with van der Waals surface area (Å²) in [6.45, 7) is 3.14. The van der Waals surface area contributed by atoms with E-state index >= 15 is 0 Å². The molecule has 0 saturated carbocycles. The Morgan fingerprint density at radius 1 is 1.47 bits per heavy atom. The third-order valence-corrected chi connectivity index (χ3v) is 3.70. The van der Waals surface area contributed by atoms with Gasteiger partial charge in [0.05, 0.1) is 17.6 Å². The Bertz CT molecular complexity index is 625. The maximum absolute atomic E-state index is 5.66. The number of benzene rings is 1. The molecule has 0 aliphatic rings. The highest BCUT2D eigenvalue weighted by molar-refractivity contribution is 9.11. The molecule has 1 heterocycles. The third kappa shape index (κ3) is 3.58. The van der Waals surface area contributed by atoms with Gasteiger partial charge in [-0.3, -0.25) is 5.10 Å². The lowest BCUT2D eigenvalue weighted by molar-refractivity contribution is 0.334. The molecule has 0 amide bonds. The Labute approximate surface area is 132 Å². The van der Waals surface area contributed by atoms with Gasteiger partial charge in [-0.15, -0.1) is 0 Å². The number of H-pyrrole nitrogens is 1.